The van der Waals surface area contributed by atoms with Crippen LogP contribution in [0.1, 0.15) is 19.5 Å². The minimum Gasteiger partial charge on any atom is -0.351 e. The number of nitrogens with one attached hydrogen (secondary N) is 2. The fraction of sp³-hybridized carbons (Fsp3) is 0.278. The molecule has 0 aliphatic carbocycles. The molecule has 4 rings (SSSR count). The monoisotopic (exact) mass is 356 g/mol. The zero-order valence-corrected chi connectivity index (χ0v) is 14.6. The van der Waals surface area contributed by atoms with Gasteiger partial charge in [0.2, 0.25) is 5.95 Å². The molecule has 0 bridgehead atoms. The van der Waals surface area contributed by atoms with Crippen LogP contribution in [0, 0.1) is 12.7 Å². The van der Waals surface area contributed by atoms with Crippen molar-refractivity contribution in [2.75, 3.05) is 11.9 Å². The van der Waals surface area contributed by atoms with E-state index in [-0.39, 0.29) is 6.54 Å². The van der Waals surface area contributed by atoms with E-state index in [0.717, 1.165) is 16.6 Å². The Hall–Kier alpha value is -3.03. The first kappa shape index (κ1) is 16.4. The van der Waals surface area contributed by atoms with Crippen molar-refractivity contribution in [3.63, 3.8) is 0 Å². The lowest BCUT2D eigenvalue weighted by molar-refractivity contribution is 0.234. The summed E-state index contributed by atoms with van der Waals surface area (Å²) >= 11 is 0. The van der Waals surface area contributed by atoms with Crippen LogP contribution in [0.15, 0.2) is 30.9 Å². The Morgan fingerprint density at radius 3 is 2.85 bits per heavy atom. The zero-order chi connectivity index (χ0) is 18.5. The summed E-state index contributed by atoms with van der Waals surface area (Å²) in [5.41, 5.74) is 1.74. The molecule has 0 aliphatic heterocycles. The number of pyridine rings is 1. The lowest BCUT2D eigenvalue weighted by Crippen LogP contribution is -2.25. The summed E-state index contributed by atoms with van der Waals surface area (Å²) in [4.78, 5) is 15.8. The molecule has 0 amide bonds. The third kappa shape index (κ3) is 2.98. The molecule has 0 fully saturated rings. The van der Waals surface area contributed by atoms with E-state index in [0.29, 0.717) is 22.8 Å². The first-order chi connectivity index (χ1) is 12.3. The minimum absolute atomic E-state index is 0.105. The first-order valence-corrected chi connectivity index (χ1v) is 8.22. The van der Waals surface area contributed by atoms with Crippen LogP contribution in [0.2, 0.25) is 0 Å². The number of H-pyrrole nitrogens is 1. The van der Waals surface area contributed by atoms with E-state index >= 15 is 0 Å². The van der Waals surface area contributed by atoms with Crippen LogP contribution in [0.5, 0.6) is 0 Å². The van der Waals surface area contributed by atoms with E-state index in [1.807, 2.05) is 13.1 Å². The van der Waals surface area contributed by atoms with Crippen molar-refractivity contribution in [1.82, 2.24) is 24.3 Å². The fourth-order valence-corrected chi connectivity index (χ4v) is 2.85. The van der Waals surface area contributed by atoms with E-state index in [4.69, 9.17) is 0 Å². The van der Waals surface area contributed by atoms with Crippen LogP contribution in [-0.4, -0.2) is 36.6 Å². The van der Waals surface area contributed by atoms with Gasteiger partial charge in [0.1, 0.15) is 11.3 Å². The molecule has 4 aromatic rings. The molecule has 2 N–H and O–H groups in total. The van der Waals surface area contributed by atoms with Gasteiger partial charge in [-0.3, -0.25) is 0 Å². The summed E-state index contributed by atoms with van der Waals surface area (Å²) in [5, 5.41) is 3.63. The van der Waals surface area contributed by atoms with Crippen LogP contribution in [0.4, 0.5) is 14.7 Å². The molecule has 0 aliphatic rings. The molecule has 0 saturated carbocycles. The number of hydrogen-bond acceptors (Lipinski definition) is 4. The number of fused-ring (bicyclic) bond motifs is 2. The molecule has 8 heteroatoms. The third-order valence-electron chi connectivity index (χ3n) is 4.04. The Kier molecular flexibility index (Phi) is 3.64. The highest BCUT2D eigenvalue weighted by molar-refractivity contribution is 5.93. The summed E-state index contributed by atoms with van der Waals surface area (Å²) in [5.74, 6) is -0.0576. The second kappa shape index (κ2) is 5.76. The van der Waals surface area contributed by atoms with E-state index < -0.39 is 11.5 Å². The smallest absolute Gasteiger partial charge is 0.224 e. The van der Waals surface area contributed by atoms with Crippen LogP contribution in [0.25, 0.3) is 27.8 Å². The standard InChI is InChI=1S/C18H18F2N6/c1-10-7-26-8-11(4-14(19)16(26)24-10)12-5-21-15-13(12)6-22-17(25-15)23-9-18(2,3)20/h4-8H,9H2,1-3H3,(H2,21,22,23,25). The number of imidazole rings is 1. The summed E-state index contributed by atoms with van der Waals surface area (Å²) in [6.45, 7) is 4.88. The quantitative estimate of drug-likeness (QED) is 0.582. The normalized spacial score (nSPS) is 12.2. The topological polar surface area (TPSA) is 70.9 Å². The van der Waals surface area contributed by atoms with E-state index in [1.165, 1.54) is 19.9 Å². The van der Waals surface area contributed by atoms with Crippen molar-refractivity contribution < 1.29 is 8.78 Å². The van der Waals surface area contributed by atoms with Gasteiger partial charge in [0.15, 0.2) is 11.5 Å². The lowest BCUT2D eigenvalue weighted by atomic mass is 10.1. The number of halogens is 2. The predicted molar refractivity (Wildman–Crippen MR) is 96.4 cm³/mol. The summed E-state index contributed by atoms with van der Waals surface area (Å²) < 4.78 is 29.6. The SMILES string of the molecule is Cc1cn2cc(-c3c[nH]c4nc(NCC(C)(C)F)ncc34)cc(F)c2n1. The number of nitrogens with zero attached hydrogens (tertiary/aromatic N) is 4. The zero-order valence-electron chi connectivity index (χ0n) is 14.6. The Labute approximate surface area is 148 Å². The molecular weight excluding hydrogens is 338 g/mol. The molecule has 134 valence electrons. The maximum absolute atomic E-state index is 14.4. The molecule has 0 unspecified atom stereocenters. The van der Waals surface area contributed by atoms with Crippen molar-refractivity contribution in [3.05, 3.63) is 42.4 Å². The van der Waals surface area contributed by atoms with Crippen molar-refractivity contribution in [1.29, 1.82) is 0 Å². The van der Waals surface area contributed by atoms with Gasteiger partial charge < -0.3 is 14.7 Å². The number of aryl methyl sites for hydroxylation is 1. The summed E-state index contributed by atoms with van der Waals surface area (Å²) in [7, 11) is 0. The second-order valence-electron chi connectivity index (χ2n) is 6.92. The van der Waals surface area contributed by atoms with Gasteiger partial charge in [-0.25, -0.2) is 18.7 Å². The average Bonchev–Trinajstić information content (AvgIpc) is 3.14. The van der Waals surface area contributed by atoms with Gasteiger partial charge in [0.25, 0.3) is 0 Å². The molecule has 0 saturated heterocycles. The van der Waals surface area contributed by atoms with Crippen LogP contribution >= 0.6 is 0 Å². The number of alkyl halides is 1. The Bertz CT molecular complexity index is 1110. The number of anilines is 1. The van der Waals surface area contributed by atoms with Gasteiger partial charge >= 0.3 is 0 Å². The molecule has 0 atom stereocenters. The Morgan fingerprint density at radius 2 is 2.08 bits per heavy atom. The van der Waals surface area contributed by atoms with Gasteiger partial charge in [0.05, 0.1) is 12.2 Å². The van der Waals surface area contributed by atoms with E-state index in [2.05, 4.69) is 25.3 Å². The highest BCUT2D eigenvalue weighted by atomic mass is 19.1. The summed E-state index contributed by atoms with van der Waals surface area (Å²) in [6.07, 6.45) is 6.99. The molecule has 0 spiro atoms. The largest absolute Gasteiger partial charge is 0.351 e. The molecule has 0 aromatic carbocycles. The maximum atomic E-state index is 14.4. The van der Waals surface area contributed by atoms with Gasteiger partial charge in [-0.2, -0.15) is 4.98 Å². The van der Waals surface area contributed by atoms with Gasteiger partial charge in [0, 0.05) is 41.3 Å². The lowest BCUT2D eigenvalue weighted by Gasteiger charge is -2.14. The number of hydrogen-bond donors (Lipinski definition) is 2. The summed E-state index contributed by atoms with van der Waals surface area (Å²) in [6, 6.07) is 1.45. The second-order valence-corrected chi connectivity index (χ2v) is 6.92. The molecule has 0 radical (unpaired) electrons. The van der Waals surface area contributed by atoms with E-state index in [9.17, 15) is 8.78 Å². The van der Waals surface area contributed by atoms with Crippen molar-refractivity contribution >= 4 is 22.6 Å². The molecule has 6 nitrogen and oxygen atoms in total. The average molecular weight is 356 g/mol. The molecule has 26 heavy (non-hydrogen) atoms. The van der Waals surface area contributed by atoms with Crippen molar-refractivity contribution in [2.45, 2.75) is 26.4 Å². The third-order valence-corrected chi connectivity index (χ3v) is 4.04. The first-order valence-electron chi connectivity index (χ1n) is 8.22. The fourth-order valence-electron chi connectivity index (χ4n) is 2.85. The van der Waals surface area contributed by atoms with Gasteiger partial charge in [-0.1, -0.05) is 0 Å². The molecular formula is C18H18F2N6. The van der Waals surface area contributed by atoms with Crippen molar-refractivity contribution in [2.24, 2.45) is 0 Å². The number of rotatable bonds is 4. The van der Waals surface area contributed by atoms with Crippen LogP contribution in [-0.2, 0) is 0 Å². The van der Waals surface area contributed by atoms with E-state index in [1.54, 1.807) is 23.0 Å². The van der Waals surface area contributed by atoms with Crippen molar-refractivity contribution in [3.8, 4) is 11.1 Å². The maximum Gasteiger partial charge on any atom is 0.224 e. The van der Waals surface area contributed by atoms with Gasteiger partial charge in [-0.15, -0.1) is 0 Å². The van der Waals surface area contributed by atoms with Gasteiger partial charge in [-0.05, 0) is 26.8 Å². The van der Waals surface area contributed by atoms with Crippen LogP contribution < -0.4 is 5.32 Å². The van der Waals surface area contributed by atoms with Crippen LogP contribution in [0.3, 0.4) is 0 Å². The predicted octanol–water partition coefficient (Wildman–Crippen LogP) is 3.88. The highest BCUT2D eigenvalue weighted by Gasteiger charge is 2.16. The minimum atomic E-state index is -1.37. The number of aromatic amines is 1. The molecule has 4 heterocycles. The molecule has 4 aromatic heterocycles. The number of aromatic nitrogens is 5. The Morgan fingerprint density at radius 1 is 1.27 bits per heavy atom. The highest BCUT2D eigenvalue weighted by Crippen LogP contribution is 2.29. The Balaban J connectivity index is 1.73.